The molecular formula is C22H21NO4. The minimum atomic E-state index is -0.646. The van der Waals surface area contributed by atoms with Crippen LogP contribution in [0.25, 0.3) is 0 Å². The van der Waals surface area contributed by atoms with Gasteiger partial charge < -0.3 is 9.47 Å². The molecule has 1 aliphatic rings. The normalized spacial score (nSPS) is 19.3. The van der Waals surface area contributed by atoms with Gasteiger partial charge in [-0.2, -0.15) is 0 Å². The molecule has 2 aromatic rings. The predicted molar refractivity (Wildman–Crippen MR) is 103 cm³/mol. The number of ether oxygens (including phenoxy) is 2. The van der Waals surface area contributed by atoms with Crippen LogP contribution >= 0.6 is 0 Å². The highest BCUT2D eigenvalue weighted by molar-refractivity contribution is 6.06. The van der Waals surface area contributed by atoms with Crippen molar-refractivity contribution in [3.05, 3.63) is 71.9 Å². The minimum absolute atomic E-state index is 0.388. The van der Waals surface area contributed by atoms with Crippen LogP contribution in [0.1, 0.15) is 20.8 Å². The van der Waals surface area contributed by atoms with E-state index in [0.29, 0.717) is 28.5 Å². The van der Waals surface area contributed by atoms with E-state index >= 15 is 0 Å². The number of carbonyl (C=O) groups excluding carboxylic acids is 2. The summed E-state index contributed by atoms with van der Waals surface area (Å²) < 4.78 is 10.9. The van der Waals surface area contributed by atoms with Crippen LogP contribution in [0.15, 0.2) is 76.9 Å². The molecule has 5 heteroatoms. The molecule has 0 radical (unpaired) electrons. The summed E-state index contributed by atoms with van der Waals surface area (Å²) in [7, 11) is 0. The molecule has 27 heavy (non-hydrogen) atoms. The summed E-state index contributed by atoms with van der Waals surface area (Å²) in [6.45, 7) is 5.34. The summed E-state index contributed by atoms with van der Waals surface area (Å²) in [5.41, 5.74) is 1.57. The van der Waals surface area contributed by atoms with Crippen LogP contribution in [0.4, 0.5) is 0 Å². The third kappa shape index (κ3) is 4.14. The van der Waals surface area contributed by atoms with Gasteiger partial charge in [-0.25, -0.2) is 4.79 Å². The number of rotatable bonds is 4. The Kier molecular flexibility index (Phi) is 5.50. The Balaban J connectivity index is 1.82. The fourth-order valence-electron chi connectivity index (χ4n) is 3.28. The van der Waals surface area contributed by atoms with Crippen LogP contribution in [0.3, 0.4) is 0 Å². The molecule has 1 aliphatic heterocycles. The average molecular weight is 363 g/mol. The Hall–Kier alpha value is -3.21. The molecule has 2 aromatic carbocycles. The van der Waals surface area contributed by atoms with Crippen LogP contribution in [-0.4, -0.2) is 17.7 Å². The van der Waals surface area contributed by atoms with Gasteiger partial charge in [0.1, 0.15) is 17.4 Å². The molecule has 0 N–H and O–H groups in total. The molecule has 2 atom stereocenters. The molecule has 0 saturated heterocycles. The number of carbonyl (C=O) groups is 2. The second-order valence-electron chi connectivity index (χ2n) is 6.46. The van der Waals surface area contributed by atoms with Crippen LogP contribution in [-0.2, 0) is 9.59 Å². The van der Waals surface area contributed by atoms with Gasteiger partial charge in [0, 0.05) is 17.3 Å². The Morgan fingerprint density at radius 3 is 1.93 bits per heavy atom. The van der Waals surface area contributed by atoms with Crippen molar-refractivity contribution in [2.75, 3.05) is 0 Å². The van der Waals surface area contributed by atoms with E-state index in [1.807, 2.05) is 19.1 Å². The lowest BCUT2D eigenvalue weighted by Crippen LogP contribution is -2.38. The first-order valence-corrected chi connectivity index (χ1v) is 8.77. The molecule has 0 saturated carbocycles. The van der Waals surface area contributed by atoms with Crippen molar-refractivity contribution in [2.24, 2.45) is 16.8 Å². The molecule has 5 nitrogen and oxygen atoms in total. The standard InChI is InChI=1S/C22H21NO4/c1-14-19(21(24)26-17-10-6-4-7-11-17)15(2)23-16(3)20(14)22(25)27-18-12-8-5-9-13-18/h4-14,19H,1-3H3. The number of benzene rings is 2. The lowest BCUT2D eigenvalue weighted by atomic mass is 9.81. The second-order valence-corrected chi connectivity index (χ2v) is 6.46. The molecule has 0 amide bonds. The van der Waals surface area contributed by atoms with Gasteiger partial charge in [-0.3, -0.25) is 9.79 Å². The number of allylic oxidation sites excluding steroid dienone is 1. The molecule has 2 unspecified atom stereocenters. The van der Waals surface area contributed by atoms with Crippen LogP contribution < -0.4 is 9.47 Å². The topological polar surface area (TPSA) is 65.0 Å². The van der Waals surface area contributed by atoms with Crippen molar-refractivity contribution in [3.63, 3.8) is 0 Å². The smallest absolute Gasteiger partial charge is 0.341 e. The third-order valence-electron chi connectivity index (χ3n) is 4.53. The van der Waals surface area contributed by atoms with E-state index in [1.165, 1.54) is 0 Å². The number of para-hydroxylation sites is 2. The van der Waals surface area contributed by atoms with Crippen molar-refractivity contribution in [3.8, 4) is 11.5 Å². The molecule has 1 heterocycles. The SMILES string of the molecule is CC1=NC(C)=C(C(=O)Oc2ccccc2)C(C)C1C(=O)Oc1ccccc1. The fraction of sp³-hybridized carbons (Fsp3) is 0.227. The van der Waals surface area contributed by atoms with Crippen molar-refractivity contribution >= 4 is 17.7 Å². The van der Waals surface area contributed by atoms with Crippen molar-refractivity contribution < 1.29 is 19.1 Å². The fourth-order valence-corrected chi connectivity index (χ4v) is 3.28. The molecular weight excluding hydrogens is 342 g/mol. The highest BCUT2D eigenvalue weighted by Crippen LogP contribution is 2.32. The lowest BCUT2D eigenvalue weighted by Gasteiger charge is -2.28. The van der Waals surface area contributed by atoms with E-state index in [1.54, 1.807) is 62.4 Å². The zero-order valence-electron chi connectivity index (χ0n) is 15.5. The first kappa shape index (κ1) is 18.6. The highest BCUT2D eigenvalue weighted by Gasteiger charge is 2.39. The van der Waals surface area contributed by atoms with E-state index in [4.69, 9.17) is 9.47 Å². The number of aliphatic imine (C=N–C) groups is 1. The van der Waals surface area contributed by atoms with Crippen molar-refractivity contribution in [2.45, 2.75) is 20.8 Å². The predicted octanol–water partition coefficient (Wildman–Crippen LogP) is 4.20. The Bertz CT molecular complexity index is 900. The zero-order valence-corrected chi connectivity index (χ0v) is 15.5. The van der Waals surface area contributed by atoms with Gasteiger partial charge in [-0.1, -0.05) is 43.3 Å². The molecule has 0 spiro atoms. The second kappa shape index (κ2) is 7.99. The largest absolute Gasteiger partial charge is 0.426 e. The summed E-state index contributed by atoms with van der Waals surface area (Å²) in [6.07, 6.45) is 0. The molecule has 0 fully saturated rings. The maximum atomic E-state index is 12.7. The Labute approximate surface area is 158 Å². The summed E-state index contributed by atoms with van der Waals surface area (Å²) in [5, 5.41) is 0. The molecule has 138 valence electrons. The number of hydrogen-bond donors (Lipinski definition) is 0. The van der Waals surface area contributed by atoms with Crippen molar-refractivity contribution in [1.82, 2.24) is 0 Å². The van der Waals surface area contributed by atoms with Gasteiger partial charge in [0.2, 0.25) is 0 Å². The number of hydrogen-bond acceptors (Lipinski definition) is 5. The van der Waals surface area contributed by atoms with Crippen LogP contribution in [0.2, 0.25) is 0 Å². The molecule has 0 aliphatic carbocycles. The molecule has 0 aromatic heterocycles. The van der Waals surface area contributed by atoms with Crippen LogP contribution in [0, 0.1) is 11.8 Å². The van der Waals surface area contributed by atoms with Gasteiger partial charge in [0.15, 0.2) is 0 Å². The van der Waals surface area contributed by atoms with Gasteiger partial charge in [-0.15, -0.1) is 0 Å². The molecule has 3 rings (SSSR count). The van der Waals surface area contributed by atoms with Gasteiger partial charge in [0.25, 0.3) is 0 Å². The summed E-state index contributed by atoms with van der Waals surface area (Å²) in [4.78, 5) is 29.9. The van der Waals surface area contributed by atoms with E-state index in [-0.39, 0.29) is 0 Å². The summed E-state index contributed by atoms with van der Waals surface area (Å²) in [5.74, 6) is -1.08. The Morgan fingerprint density at radius 2 is 1.37 bits per heavy atom. The number of nitrogens with zero attached hydrogens (tertiary/aromatic N) is 1. The van der Waals surface area contributed by atoms with E-state index in [2.05, 4.69) is 4.99 Å². The third-order valence-corrected chi connectivity index (χ3v) is 4.53. The zero-order chi connectivity index (χ0) is 19.4. The quantitative estimate of drug-likeness (QED) is 0.603. The monoisotopic (exact) mass is 363 g/mol. The average Bonchev–Trinajstić information content (AvgIpc) is 2.63. The van der Waals surface area contributed by atoms with Crippen molar-refractivity contribution in [1.29, 1.82) is 0 Å². The lowest BCUT2D eigenvalue weighted by molar-refractivity contribution is -0.138. The van der Waals surface area contributed by atoms with Gasteiger partial charge >= 0.3 is 11.9 Å². The summed E-state index contributed by atoms with van der Waals surface area (Å²) >= 11 is 0. The van der Waals surface area contributed by atoms with E-state index in [9.17, 15) is 9.59 Å². The highest BCUT2D eigenvalue weighted by atomic mass is 16.5. The number of esters is 2. The minimum Gasteiger partial charge on any atom is -0.426 e. The maximum Gasteiger partial charge on any atom is 0.341 e. The molecule has 0 bridgehead atoms. The maximum absolute atomic E-state index is 12.7. The first-order chi connectivity index (χ1) is 13.0. The summed E-state index contributed by atoms with van der Waals surface area (Å²) in [6, 6.07) is 17.7. The van der Waals surface area contributed by atoms with Gasteiger partial charge in [0.05, 0.1) is 5.57 Å². The first-order valence-electron chi connectivity index (χ1n) is 8.77. The van der Waals surface area contributed by atoms with E-state index < -0.39 is 23.8 Å². The van der Waals surface area contributed by atoms with Crippen LogP contribution in [0.5, 0.6) is 11.5 Å². The van der Waals surface area contributed by atoms with Gasteiger partial charge in [-0.05, 0) is 38.1 Å². The Morgan fingerprint density at radius 1 is 0.852 bits per heavy atom. The van der Waals surface area contributed by atoms with E-state index in [0.717, 1.165) is 0 Å².